The van der Waals surface area contributed by atoms with E-state index in [4.69, 9.17) is 4.89 Å². The third-order valence-electron chi connectivity index (χ3n) is 5.74. The molecular weight excluding hydrogens is 300 g/mol. The molecule has 0 radical (unpaired) electrons. The minimum atomic E-state index is -0.926. The smallest absolute Gasteiger partial charge is 0.266 e. The molecule has 1 aliphatic heterocycles. The van der Waals surface area contributed by atoms with Gasteiger partial charge in [-0.3, -0.25) is 9.78 Å². The van der Waals surface area contributed by atoms with Gasteiger partial charge in [0.05, 0.1) is 11.8 Å². The zero-order valence-corrected chi connectivity index (χ0v) is 15.7. The third-order valence-corrected chi connectivity index (χ3v) is 5.74. The lowest BCUT2D eigenvalue weighted by atomic mass is 9.45. The van der Waals surface area contributed by atoms with E-state index in [1.165, 1.54) is 0 Å². The molecule has 23 heavy (non-hydrogen) atoms. The highest BCUT2D eigenvalue weighted by Crippen LogP contribution is 2.61. The molecule has 0 saturated carbocycles. The van der Waals surface area contributed by atoms with Gasteiger partial charge in [0.15, 0.2) is 0 Å². The maximum atomic E-state index is 12.6. The molecule has 0 N–H and O–H groups in total. The van der Waals surface area contributed by atoms with E-state index in [1.807, 2.05) is 20.8 Å². The van der Waals surface area contributed by atoms with Gasteiger partial charge in [0.2, 0.25) is 0 Å². The standard InChI is InChI=1S/C17H30O6/c1-14(2,3)11-10-12(18)20-22-23-21-13(19)16(7,8)17(11,9)15(4,5)6/h11H,10H2,1-9H3. The van der Waals surface area contributed by atoms with E-state index in [0.717, 1.165) is 0 Å². The zero-order chi connectivity index (χ0) is 18.3. The van der Waals surface area contributed by atoms with Gasteiger partial charge < -0.3 is 0 Å². The van der Waals surface area contributed by atoms with Crippen LogP contribution in [-0.4, -0.2) is 11.9 Å². The fourth-order valence-electron chi connectivity index (χ4n) is 3.89. The van der Waals surface area contributed by atoms with Crippen LogP contribution >= 0.6 is 0 Å². The molecule has 6 nitrogen and oxygen atoms in total. The molecule has 0 bridgehead atoms. The molecule has 1 heterocycles. The van der Waals surface area contributed by atoms with Gasteiger partial charge in [-0.25, -0.2) is 9.59 Å². The van der Waals surface area contributed by atoms with E-state index in [-0.39, 0.29) is 23.2 Å². The minimum absolute atomic E-state index is 0.108. The first-order valence-electron chi connectivity index (χ1n) is 7.91. The number of hydrogen-bond donors (Lipinski definition) is 0. The van der Waals surface area contributed by atoms with Crippen LogP contribution in [-0.2, 0) is 29.4 Å². The third kappa shape index (κ3) is 3.53. The number of rotatable bonds is 0. The van der Waals surface area contributed by atoms with Crippen LogP contribution in [0.3, 0.4) is 0 Å². The van der Waals surface area contributed by atoms with Gasteiger partial charge in [-0.05, 0) is 36.0 Å². The van der Waals surface area contributed by atoms with Crippen LogP contribution in [0.5, 0.6) is 0 Å². The molecule has 0 spiro atoms. The van der Waals surface area contributed by atoms with Crippen LogP contribution in [0.2, 0.25) is 0 Å². The number of carbonyl (C=O) groups is 2. The summed E-state index contributed by atoms with van der Waals surface area (Å²) >= 11 is 0. The van der Waals surface area contributed by atoms with E-state index >= 15 is 0 Å². The highest BCUT2D eigenvalue weighted by atomic mass is 17.7. The van der Waals surface area contributed by atoms with Gasteiger partial charge in [-0.15, -0.1) is 0 Å². The number of carbonyl (C=O) groups excluding carboxylic acids is 2. The maximum Gasteiger partial charge on any atom is 0.351 e. The molecule has 6 heteroatoms. The Morgan fingerprint density at radius 2 is 1.39 bits per heavy atom. The van der Waals surface area contributed by atoms with Gasteiger partial charge in [0.25, 0.3) is 0 Å². The summed E-state index contributed by atoms with van der Waals surface area (Å²) in [5, 5.41) is 8.47. The van der Waals surface area contributed by atoms with Crippen molar-refractivity contribution in [3.8, 4) is 0 Å². The summed E-state index contributed by atoms with van der Waals surface area (Å²) in [5.41, 5.74) is -2.06. The predicted molar refractivity (Wildman–Crippen MR) is 83.3 cm³/mol. The zero-order valence-electron chi connectivity index (χ0n) is 15.7. The monoisotopic (exact) mass is 330 g/mol. The molecule has 0 aromatic heterocycles. The highest BCUT2D eigenvalue weighted by Gasteiger charge is 2.61. The molecule has 1 saturated heterocycles. The highest BCUT2D eigenvalue weighted by molar-refractivity contribution is 5.77. The van der Waals surface area contributed by atoms with Gasteiger partial charge in [-0.1, -0.05) is 48.5 Å². The van der Waals surface area contributed by atoms with Crippen molar-refractivity contribution in [3.63, 3.8) is 0 Å². The first-order valence-corrected chi connectivity index (χ1v) is 7.91. The number of hydrogen-bond acceptors (Lipinski definition) is 6. The quantitative estimate of drug-likeness (QED) is 0.625. The lowest BCUT2D eigenvalue weighted by Gasteiger charge is -2.58. The average Bonchev–Trinajstić information content (AvgIpc) is 2.36. The average molecular weight is 330 g/mol. The molecule has 0 amide bonds. The van der Waals surface area contributed by atoms with Gasteiger partial charge >= 0.3 is 11.9 Å². The fraction of sp³-hybridized carbons (Fsp3) is 0.882. The summed E-state index contributed by atoms with van der Waals surface area (Å²) in [4.78, 5) is 33.9. The second kappa shape index (κ2) is 6.06. The van der Waals surface area contributed by atoms with E-state index < -0.39 is 22.8 Å². The molecule has 0 aromatic rings. The Morgan fingerprint density at radius 1 is 0.913 bits per heavy atom. The van der Waals surface area contributed by atoms with Crippen LogP contribution in [0, 0.1) is 27.6 Å². The van der Waals surface area contributed by atoms with Crippen molar-refractivity contribution < 1.29 is 29.4 Å². The fourth-order valence-corrected chi connectivity index (χ4v) is 3.89. The Balaban J connectivity index is 3.60. The lowest BCUT2D eigenvalue weighted by Crippen LogP contribution is -2.58. The maximum absolute atomic E-state index is 12.6. The van der Waals surface area contributed by atoms with Gasteiger partial charge in [0.1, 0.15) is 0 Å². The minimum Gasteiger partial charge on any atom is -0.266 e. The lowest BCUT2D eigenvalue weighted by molar-refractivity contribution is -0.602. The second-order valence-electron chi connectivity index (χ2n) is 9.16. The normalized spacial score (nSPS) is 30.4. The summed E-state index contributed by atoms with van der Waals surface area (Å²) in [5.74, 6) is -1.29. The SMILES string of the molecule is CC(C)(C)C1CC(=O)OOOOC(=O)C(C)(C)C1(C)C(C)(C)C. The topological polar surface area (TPSA) is 71.1 Å². The molecular formula is C17H30O6. The van der Waals surface area contributed by atoms with Crippen LogP contribution in [0.1, 0.15) is 68.7 Å². The molecule has 0 aliphatic carbocycles. The Kier molecular flexibility index (Phi) is 5.24. The largest absolute Gasteiger partial charge is 0.351 e. The van der Waals surface area contributed by atoms with Gasteiger partial charge in [-0.2, -0.15) is 0 Å². The van der Waals surface area contributed by atoms with E-state index in [1.54, 1.807) is 0 Å². The Hall–Kier alpha value is -1.14. The molecule has 134 valence electrons. The van der Waals surface area contributed by atoms with E-state index in [0.29, 0.717) is 0 Å². The van der Waals surface area contributed by atoms with E-state index in [9.17, 15) is 9.59 Å². The Morgan fingerprint density at radius 3 is 1.83 bits per heavy atom. The van der Waals surface area contributed by atoms with Crippen molar-refractivity contribution >= 4 is 11.9 Å². The first kappa shape index (κ1) is 19.9. The molecule has 1 fully saturated rings. The van der Waals surface area contributed by atoms with Crippen molar-refractivity contribution in [1.29, 1.82) is 0 Å². The van der Waals surface area contributed by atoms with Crippen molar-refractivity contribution in [2.75, 3.05) is 0 Å². The van der Waals surface area contributed by atoms with Crippen molar-refractivity contribution in [3.05, 3.63) is 0 Å². The van der Waals surface area contributed by atoms with Crippen LogP contribution in [0.25, 0.3) is 0 Å². The summed E-state index contributed by atoms with van der Waals surface area (Å²) in [6, 6.07) is 0. The Labute approximate surface area is 138 Å². The summed E-state index contributed by atoms with van der Waals surface area (Å²) < 4.78 is 0. The Bertz CT molecular complexity index is 468. The predicted octanol–water partition coefficient (Wildman–Crippen LogP) is 4.00. The van der Waals surface area contributed by atoms with Crippen LogP contribution < -0.4 is 0 Å². The van der Waals surface area contributed by atoms with E-state index in [2.05, 4.69) is 56.5 Å². The molecule has 1 aliphatic rings. The molecule has 1 rings (SSSR count). The molecule has 2 atom stereocenters. The summed E-state index contributed by atoms with van der Waals surface area (Å²) in [6.07, 6.45) is 0.108. The van der Waals surface area contributed by atoms with Crippen molar-refractivity contribution in [2.45, 2.75) is 68.7 Å². The first-order chi connectivity index (χ1) is 10.2. The van der Waals surface area contributed by atoms with Crippen molar-refractivity contribution in [1.82, 2.24) is 0 Å². The van der Waals surface area contributed by atoms with Crippen LogP contribution in [0.15, 0.2) is 0 Å². The summed E-state index contributed by atoms with van der Waals surface area (Å²) in [7, 11) is 0. The summed E-state index contributed by atoms with van der Waals surface area (Å²) in [6.45, 7) is 18.0. The van der Waals surface area contributed by atoms with Crippen LogP contribution in [0.4, 0.5) is 0 Å². The van der Waals surface area contributed by atoms with Gasteiger partial charge in [0, 0.05) is 10.1 Å². The van der Waals surface area contributed by atoms with Crippen molar-refractivity contribution in [2.24, 2.45) is 27.6 Å². The second-order valence-corrected chi connectivity index (χ2v) is 9.16. The molecule has 2 unspecified atom stereocenters. The molecule has 0 aromatic carbocycles.